The molecule has 0 aromatic heterocycles. The van der Waals surface area contributed by atoms with E-state index in [1.54, 1.807) is 45.0 Å². The first-order valence-corrected chi connectivity index (χ1v) is 6.75. The van der Waals surface area contributed by atoms with Gasteiger partial charge in [-0.25, -0.2) is 4.79 Å². The second-order valence-electron chi connectivity index (χ2n) is 5.65. The number of benzene rings is 1. The highest BCUT2D eigenvalue weighted by Gasteiger charge is 2.41. The molecule has 0 saturated carbocycles. The Morgan fingerprint density at radius 3 is 2.33 bits per heavy atom. The number of urea groups is 1. The number of carbonyl (C=O) groups is 3. The van der Waals surface area contributed by atoms with Gasteiger partial charge in [0.1, 0.15) is 5.57 Å². The largest absolute Gasteiger partial charge is 0.331 e. The third-order valence-electron chi connectivity index (χ3n) is 2.98. The summed E-state index contributed by atoms with van der Waals surface area (Å²) < 4.78 is 0. The number of nitrogens with one attached hydrogen (secondary N) is 1. The van der Waals surface area contributed by atoms with Crippen LogP contribution in [0.2, 0.25) is 5.02 Å². The zero-order chi connectivity index (χ0) is 15.8. The predicted octanol–water partition coefficient (Wildman–Crippen LogP) is 2.60. The Kier molecular flexibility index (Phi) is 3.87. The number of halogens is 1. The van der Waals surface area contributed by atoms with Gasteiger partial charge >= 0.3 is 6.03 Å². The van der Waals surface area contributed by atoms with Crippen molar-refractivity contribution in [3.63, 3.8) is 0 Å². The maximum Gasteiger partial charge on any atom is 0.331 e. The van der Waals surface area contributed by atoms with Crippen molar-refractivity contribution in [1.29, 1.82) is 0 Å². The van der Waals surface area contributed by atoms with Crippen LogP contribution in [0.3, 0.4) is 0 Å². The molecule has 1 fully saturated rings. The van der Waals surface area contributed by atoms with E-state index >= 15 is 0 Å². The number of imide groups is 2. The molecule has 0 radical (unpaired) electrons. The number of carbonyl (C=O) groups excluding carboxylic acids is 3. The lowest BCUT2D eigenvalue weighted by Crippen LogP contribution is -2.60. The molecule has 5 nitrogen and oxygen atoms in total. The number of amides is 4. The van der Waals surface area contributed by atoms with Crippen molar-refractivity contribution in [1.82, 2.24) is 10.2 Å². The standard InChI is InChI=1S/C15H15ClN2O3/c1-15(2,3)18-13(20)10(12(19)17-14(18)21)8-9-6-4-5-7-11(9)16/h4-8H,1-3H3,(H,17,19,21)/b10-8+. The molecule has 1 heterocycles. The lowest BCUT2D eigenvalue weighted by atomic mass is 10.0. The molecule has 1 N–H and O–H groups in total. The lowest BCUT2D eigenvalue weighted by Gasteiger charge is -2.36. The van der Waals surface area contributed by atoms with E-state index in [0.29, 0.717) is 10.6 Å². The Morgan fingerprint density at radius 1 is 1.14 bits per heavy atom. The van der Waals surface area contributed by atoms with E-state index in [4.69, 9.17) is 11.6 Å². The van der Waals surface area contributed by atoms with Crippen molar-refractivity contribution in [3.05, 3.63) is 40.4 Å². The van der Waals surface area contributed by atoms with Crippen molar-refractivity contribution in [2.75, 3.05) is 0 Å². The molecule has 1 aromatic carbocycles. The zero-order valence-corrected chi connectivity index (χ0v) is 12.7. The molecule has 1 aromatic rings. The van der Waals surface area contributed by atoms with Gasteiger partial charge in [0.2, 0.25) is 0 Å². The van der Waals surface area contributed by atoms with Crippen LogP contribution in [-0.4, -0.2) is 28.3 Å². The summed E-state index contributed by atoms with van der Waals surface area (Å²) in [5, 5.41) is 2.59. The van der Waals surface area contributed by atoms with E-state index in [1.807, 2.05) is 0 Å². The maximum atomic E-state index is 12.4. The van der Waals surface area contributed by atoms with Crippen LogP contribution < -0.4 is 5.32 Å². The monoisotopic (exact) mass is 306 g/mol. The number of rotatable bonds is 1. The molecule has 0 spiro atoms. The molecule has 110 valence electrons. The third kappa shape index (κ3) is 2.97. The first-order valence-electron chi connectivity index (χ1n) is 6.38. The molecular weight excluding hydrogens is 292 g/mol. The summed E-state index contributed by atoms with van der Waals surface area (Å²) in [4.78, 5) is 37.2. The SMILES string of the molecule is CC(C)(C)N1C(=O)NC(=O)/C(=C\c2ccccc2Cl)C1=O. The molecule has 21 heavy (non-hydrogen) atoms. The van der Waals surface area contributed by atoms with E-state index in [2.05, 4.69) is 5.32 Å². The number of hydrogen-bond acceptors (Lipinski definition) is 3. The van der Waals surface area contributed by atoms with E-state index < -0.39 is 23.4 Å². The summed E-state index contributed by atoms with van der Waals surface area (Å²) in [6.07, 6.45) is 1.39. The Balaban J connectivity index is 2.48. The molecular formula is C15H15ClN2O3. The topological polar surface area (TPSA) is 66.5 Å². The quantitative estimate of drug-likeness (QED) is 0.640. The predicted molar refractivity (Wildman–Crippen MR) is 79.6 cm³/mol. The Morgan fingerprint density at radius 2 is 1.76 bits per heavy atom. The second kappa shape index (κ2) is 5.33. The van der Waals surface area contributed by atoms with Crippen LogP contribution >= 0.6 is 11.6 Å². The summed E-state index contributed by atoms with van der Waals surface area (Å²) in [7, 11) is 0. The van der Waals surface area contributed by atoms with Gasteiger partial charge in [-0.1, -0.05) is 29.8 Å². The minimum Gasteiger partial charge on any atom is -0.273 e. The molecule has 1 aliphatic rings. The van der Waals surface area contributed by atoms with Crippen LogP contribution in [-0.2, 0) is 9.59 Å². The van der Waals surface area contributed by atoms with Gasteiger partial charge in [0.25, 0.3) is 11.8 Å². The molecule has 2 rings (SSSR count). The minimum atomic E-state index is -0.735. The van der Waals surface area contributed by atoms with Crippen molar-refractivity contribution < 1.29 is 14.4 Å². The van der Waals surface area contributed by atoms with Crippen LogP contribution in [0.25, 0.3) is 6.08 Å². The molecule has 0 aliphatic carbocycles. The highest BCUT2D eigenvalue weighted by molar-refractivity contribution is 6.34. The van der Waals surface area contributed by atoms with Crippen LogP contribution in [0, 0.1) is 0 Å². The summed E-state index contributed by atoms with van der Waals surface area (Å²) in [5.74, 6) is -1.35. The first-order chi connectivity index (χ1) is 9.71. The average molecular weight is 307 g/mol. The van der Waals surface area contributed by atoms with Crippen LogP contribution in [0.15, 0.2) is 29.8 Å². The first kappa shape index (κ1) is 15.3. The summed E-state index contributed by atoms with van der Waals surface area (Å²) >= 11 is 6.03. The van der Waals surface area contributed by atoms with E-state index in [-0.39, 0.29) is 5.57 Å². The third-order valence-corrected chi connectivity index (χ3v) is 3.32. The molecule has 0 unspecified atom stereocenters. The number of barbiturate groups is 1. The maximum absolute atomic E-state index is 12.4. The Hall–Kier alpha value is -2.14. The molecule has 1 aliphatic heterocycles. The van der Waals surface area contributed by atoms with Gasteiger partial charge in [-0.05, 0) is 38.5 Å². The Labute approximate surface area is 127 Å². The van der Waals surface area contributed by atoms with E-state index in [0.717, 1.165) is 4.90 Å². The van der Waals surface area contributed by atoms with Gasteiger partial charge < -0.3 is 0 Å². The fourth-order valence-electron chi connectivity index (χ4n) is 2.01. The smallest absolute Gasteiger partial charge is 0.273 e. The van der Waals surface area contributed by atoms with Gasteiger partial charge in [-0.2, -0.15) is 0 Å². The van der Waals surface area contributed by atoms with Crippen molar-refractivity contribution in [3.8, 4) is 0 Å². The zero-order valence-electron chi connectivity index (χ0n) is 11.9. The molecule has 0 atom stereocenters. The van der Waals surface area contributed by atoms with Gasteiger partial charge in [0.15, 0.2) is 0 Å². The van der Waals surface area contributed by atoms with E-state index in [9.17, 15) is 14.4 Å². The summed E-state index contributed by atoms with van der Waals surface area (Å²) in [5.41, 5.74) is -0.306. The molecule has 4 amide bonds. The Bertz CT molecular complexity index is 659. The molecule has 6 heteroatoms. The highest BCUT2D eigenvalue weighted by Crippen LogP contribution is 2.24. The molecule has 0 bridgehead atoms. The van der Waals surface area contributed by atoms with Gasteiger partial charge in [0.05, 0.1) is 0 Å². The fraction of sp³-hybridized carbons (Fsp3) is 0.267. The van der Waals surface area contributed by atoms with Crippen molar-refractivity contribution in [2.45, 2.75) is 26.3 Å². The van der Waals surface area contributed by atoms with Crippen LogP contribution in [0.1, 0.15) is 26.3 Å². The van der Waals surface area contributed by atoms with Crippen LogP contribution in [0.4, 0.5) is 4.79 Å². The lowest BCUT2D eigenvalue weighted by molar-refractivity contribution is -0.133. The fourth-order valence-corrected chi connectivity index (χ4v) is 2.20. The normalized spacial score (nSPS) is 18.2. The summed E-state index contributed by atoms with van der Waals surface area (Å²) in [6.45, 7) is 5.15. The minimum absolute atomic E-state index is 0.113. The summed E-state index contributed by atoms with van der Waals surface area (Å²) in [6, 6.07) is 6.13. The van der Waals surface area contributed by atoms with Crippen molar-refractivity contribution >= 4 is 35.5 Å². The second-order valence-corrected chi connectivity index (χ2v) is 6.06. The highest BCUT2D eigenvalue weighted by atomic mass is 35.5. The molecule has 1 saturated heterocycles. The van der Waals surface area contributed by atoms with Gasteiger partial charge in [-0.3, -0.25) is 19.8 Å². The number of hydrogen-bond donors (Lipinski definition) is 1. The van der Waals surface area contributed by atoms with Crippen molar-refractivity contribution in [2.24, 2.45) is 0 Å². The average Bonchev–Trinajstić information content (AvgIpc) is 2.34. The number of nitrogens with zero attached hydrogens (tertiary/aromatic N) is 1. The van der Waals surface area contributed by atoms with Gasteiger partial charge in [0, 0.05) is 10.6 Å². The van der Waals surface area contributed by atoms with Gasteiger partial charge in [-0.15, -0.1) is 0 Å². The van der Waals surface area contributed by atoms with E-state index in [1.165, 1.54) is 6.08 Å². The van der Waals surface area contributed by atoms with Crippen LogP contribution in [0.5, 0.6) is 0 Å².